The summed E-state index contributed by atoms with van der Waals surface area (Å²) in [6.07, 6.45) is 0. The summed E-state index contributed by atoms with van der Waals surface area (Å²) < 4.78 is 40.8. The highest BCUT2D eigenvalue weighted by molar-refractivity contribution is 9.10. The first-order valence-corrected chi connectivity index (χ1v) is 7.82. The molecule has 9 heteroatoms. The lowest BCUT2D eigenvalue weighted by Crippen LogP contribution is -2.28. The number of nitrogens with zero attached hydrogens (tertiary/aromatic N) is 4. The third kappa shape index (κ3) is 2.74. The predicted octanol–water partition coefficient (Wildman–Crippen LogP) is 1.54. The van der Waals surface area contributed by atoms with E-state index in [4.69, 9.17) is 0 Å². The van der Waals surface area contributed by atoms with Crippen LogP contribution >= 0.6 is 15.9 Å². The third-order valence-electron chi connectivity index (χ3n) is 2.74. The molecule has 0 saturated heterocycles. The van der Waals surface area contributed by atoms with Gasteiger partial charge in [0.05, 0.1) is 0 Å². The van der Waals surface area contributed by atoms with Crippen molar-refractivity contribution in [1.29, 1.82) is 0 Å². The molecular weight excluding hydrogens is 351 g/mol. The lowest BCUT2D eigenvalue weighted by atomic mass is 10.2. The van der Waals surface area contributed by atoms with E-state index in [1.807, 2.05) is 0 Å². The Morgan fingerprint density at radius 3 is 2.60 bits per heavy atom. The van der Waals surface area contributed by atoms with E-state index in [-0.39, 0.29) is 16.2 Å². The maximum absolute atomic E-state index is 13.6. The van der Waals surface area contributed by atoms with Crippen molar-refractivity contribution in [3.63, 3.8) is 0 Å². The number of aromatic nitrogens is 3. The summed E-state index contributed by atoms with van der Waals surface area (Å²) in [7, 11) is -0.964. The summed E-state index contributed by atoms with van der Waals surface area (Å²) in [5.41, 5.74) is 0.296. The number of halogens is 2. The van der Waals surface area contributed by atoms with Crippen molar-refractivity contribution >= 4 is 26.0 Å². The molecule has 0 bridgehead atoms. The predicted molar refractivity (Wildman–Crippen MR) is 73.8 cm³/mol. The van der Waals surface area contributed by atoms with Gasteiger partial charge in [0.2, 0.25) is 5.03 Å². The molecule has 108 valence electrons. The normalized spacial score (nSPS) is 12.1. The Kier molecular flexibility index (Phi) is 4.21. The van der Waals surface area contributed by atoms with E-state index >= 15 is 0 Å². The first-order chi connectivity index (χ1) is 9.34. The van der Waals surface area contributed by atoms with Crippen LogP contribution in [-0.2, 0) is 23.6 Å². The van der Waals surface area contributed by atoms with Crippen molar-refractivity contribution in [3.8, 4) is 0 Å². The van der Waals surface area contributed by atoms with Gasteiger partial charge < -0.3 is 0 Å². The topological polar surface area (TPSA) is 68.1 Å². The van der Waals surface area contributed by atoms with Gasteiger partial charge in [-0.1, -0.05) is 23.4 Å². The molecule has 1 heterocycles. The number of hydrogen-bond acceptors (Lipinski definition) is 4. The molecule has 1 aromatic heterocycles. The van der Waals surface area contributed by atoms with Crippen molar-refractivity contribution in [2.75, 3.05) is 7.05 Å². The molecule has 0 atom stereocenters. The van der Waals surface area contributed by atoms with Gasteiger partial charge in [0.1, 0.15) is 5.82 Å². The zero-order chi connectivity index (χ0) is 14.9. The number of aryl methyl sites for hydroxylation is 1. The van der Waals surface area contributed by atoms with Gasteiger partial charge in [0.15, 0.2) is 4.60 Å². The average molecular weight is 363 g/mol. The molecule has 0 amide bonds. The first kappa shape index (κ1) is 15.1. The molecule has 0 aliphatic heterocycles. The molecule has 20 heavy (non-hydrogen) atoms. The van der Waals surface area contributed by atoms with Crippen LogP contribution in [0.3, 0.4) is 0 Å². The van der Waals surface area contributed by atoms with Gasteiger partial charge in [-0.3, -0.25) is 0 Å². The second-order valence-corrected chi connectivity index (χ2v) is 6.87. The molecule has 0 N–H and O–H groups in total. The summed E-state index contributed by atoms with van der Waals surface area (Å²) in [5, 5.41) is 7.20. The molecule has 0 unspecified atom stereocenters. The van der Waals surface area contributed by atoms with Crippen LogP contribution in [0, 0.1) is 5.82 Å². The van der Waals surface area contributed by atoms with Crippen LogP contribution in [0.2, 0.25) is 0 Å². The van der Waals surface area contributed by atoms with Crippen molar-refractivity contribution in [2.24, 2.45) is 7.05 Å². The number of rotatable bonds is 4. The van der Waals surface area contributed by atoms with Gasteiger partial charge in [-0.05, 0) is 22.0 Å². The first-order valence-electron chi connectivity index (χ1n) is 5.59. The fraction of sp³-hybridized carbons (Fsp3) is 0.273. The lowest BCUT2D eigenvalue weighted by molar-refractivity contribution is 0.447. The van der Waals surface area contributed by atoms with E-state index in [9.17, 15) is 12.8 Å². The Morgan fingerprint density at radius 2 is 2.05 bits per heavy atom. The summed E-state index contributed by atoms with van der Waals surface area (Å²) in [6.45, 7) is -0.0768. The zero-order valence-electron chi connectivity index (χ0n) is 10.8. The Morgan fingerprint density at radius 1 is 1.40 bits per heavy atom. The smallest absolute Gasteiger partial charge is 0.235 e. The minimum absolute atomic E-state index is 0.0728. The molecule has 0 saturated carbocycles. The van der Waals surface area contributed by atoms with E-state index in [2.05, 4.69) is 26.2 Å². The molecule has 2 rings (SSSR count). The minimum Gasteiger partial charge on any atom is -0.235 e. The summed E-state index contributed by atoms with van der Waals surface area (Å²) in [4.78, 5) is 0. The summed E-state index contributed by atoms with van der Waals surface area (Å²) >= 11 is 3.05. The second kappa shape index (κ2) is 5.58. The van der Waals surface area contributed by atoms with E-state index in [0.717, 1.165) is 8.99 Å². The van der Waals surface area contributed by atoms with E-state index < -0.39 is 15.8 Å². The Bertz CT molecular complexity index is 712. The maximum atomic E-state index is 13.6. The van der Waals surface area contributed by atoms with Crippen LogP contribution < -0.4 is 0 Å². The highest BCUT2D eigenvalue weighted by Crippen LogP contribution is 2.22. The van der Waals surface area contributed by atoms with Crippen LogP contribution in [0.15, 0.2) is 33.9 Å². The van der Waals surface area contributed by atoms with Gasteiger partial charge in [-0.2, -0.15) is 4.31 Å². The standard InChI is InChI=1S/C11H12BrFN4O2S/c1-16(7-8-5-3-4-6-9(8)13)20(18,19)11-10(12)14-15-17(11)2/h3-6H,7H2,1-2H3. The summed E-state index contributed by atoms with van der Waals surface area (Å²) in [6, 6.07) is 6.03. The van der Waals surface area contributed by atoms with Gasteiger partial charge in [0.25, 0.3) is 10.0 Å². The van der Waals surface area contributed by atoms with Gasteiger partial charge in [-0.15, -0.1) is 5.10 Å². The number of benzene rings is 1. The maximum Gasteiger partial charge on any atom is 0.263 e. The zero-order valence-corrected chi connectivity index (χ0v) is 13.2. The van der Waals surface area contributed by atoms with Gasteiger partial charge >= 0.3 is 0 Å². The van der Waals surface area contributed by atoms with Crippen molar-refractivity contribution in [3.05, 3.63) is 40.2 Å². The van der Waals surface area contributed by atoms with Crippen LogP contribution in [-0.4, -0.2) is 34.8 Å². The Labute approximate surface area is 124 Å². The largest absolute Gasteiger partial charge is 0.263 e. The van der Waals surface area contributed by atoms with E-state index in [1.165, 1.54) is 26.2 Å². The Hall–Kier alpha value is -1.32. The van der Waals surface area contributed by atoms with E-state index in [1.54, 1.807) is 12.1 Å². The van der Waals surface area contributed by atoms with Crippen molar-refractivity contribution in [1.82, 2.24) is 19.3 Å². The second-order valence-electron chi connectivity index (χ2n) is 4.16. The number of hydrogen-bond donors (Lipinski definition) is 0. The average Bonchev–Trinajstić information content (AvgIpc) is 2.72. The highest BCUT2D eigenvalue weighted by atomic mass is 79.9. The lowest BCUT2D eigenvalue weighted by Gasteiger charge is -2.17. The summed E-state index contributed by atoms with van der Waals surface area (Å²) in [5.74, 6) is -0.447. The molecule has 6 nitrogen and oxygen atoms in total. The molecule has 0 aliphatic carbocycles. The monoisotopic (exact) mass is 362 g/mol. The van der Waals surface area contributed by atoms with Crippen LogP contribution in [0.1, 0.15) is 5.56 Å². The molecule has 0 aliphatic rings. The SMILES string of the molecule is CN(Cc1ccccc1F)S(=O)(=O)c1c(Br)nnn1C. The molecule has 2 aromatic rings. The fourth-order valence-corrected chi connectivity index (χ4v) is 3.87. The molecule has 1 aromatic carbocycles. The molecule has 0 spiro atoms. The van der Waals surface area contributed by atoms with Gasteiger partial charge in [0, 0.05) is 26.2 Å². The van der Waals surface area contributed by atoms with Crippen LogP contribution in [0.25, 0.3) is 0 Å². The third-order valence-corrected chi connectivity index (χ3v) is 5.44. The van der Waals surface area contributed by atoms with Crippen molar-refractivity contribution < 1.29 is 12.8 Å². The minimum atomic E-state index is -3.81. The van der Waals surface area contributed by atoms with Crippen molar-refractivity contribution in [2.45, 2.75) is 11.6 Å². The molecular formula is C11H12BrFN4O2S. The highest BCUT2D eigenvalue weighted by Gasteiger charge is 2.28. The molecule has 0 radical (unpaired) electrons. The van der Waals surface area contributed by atoms with E-state index in [0.29, 0.717) is 5.56 Å². The van der Waals surface area contributed by atoms with Crippen LogP contribution in [0.5, 0.6) is 0 Å². The number of sulfonamides is 1. The Balaban J connectivity index is 2.34. The van der Waals surface area contributed by atoms with Gasteiger partial charge in [-0.25, -0.2) is 17.5 Å². The van der Waals surface area contributed by atoms with Crippen LogP contribution in [0.4, 0.5) is 4.39 Å². The fourth-order valence-electron chi connectivity index (χ4n) is 1.70. The quantitative estimate of drug-likeness (QED) is 0.827. The molecule has 0 fully saturated rings.